The van der Waals surface area contributed by atoms with E-state index >= 15 is 0 Å². The molecule has 2 rings (SSSR count). The molecule has 0 saturated heterocycles. The summed E-state index contributed by atoms with van der Waals surface area (Å²) in [5, 5.41) is 4.20. The number of benzene rings is 1. The topological polar surface area (TPSA) is 37.8 Å². The molecular weight excluding hydrogens is 254 g/mol. The van der Waals surface area contributed by atoms with Gasteiger partial charge in [0.15, 0.2) is 5.16 Å². The summed E-state index contributed by atoms with van der Waals surface area (Å²) in [5.74, 6) is 0.921. The number of hydrogen-bond donors (Lipinski definition) is 1. The first kappa shape index (κ1) is 14.0. The minimum atomic E-state index is 0.314. The Morgan fingerprint density at radius 3 is 2.58 bits per heavy atom. The van der Waals surface area contributed by atoms with E-state index in [1.54, 1.807) is 24.2 Å². The Kier molecular flexibility index (Phi) is 4.93. The molecule has 1 aromatic carbocycles. The second-order valence-electron chi connectivity index (χ2n) is 4.54. The van der Waals surface area contributed by atoms with Crippen molar-refractivity contribution in [3.63, 3.8) is 0 Å². The van der Waals surface area contributed by atoms with Crippen molar-refractivity contribution in [3.05, 3.63) is 53.3 Å². The largest absolute Gasteiger partial charge is 0.312 e. The highest BCUT2D eigenvalue weighted by atomic mass is 32.2. The van der Waals surface area contributed by atoms with E-state index in [-0.39, 0.29) is 0 Å². The fourth-order valence-corrected chi connectivity index (χ4v) is 3.00. The van der Waals surface area contributed by atoms with Gasteiger partial charge in [0.05, 0.1) is 0 Å². The highest BCUT2D eigenvalue weighted by molar-refractivity contribution is 7.99. The van der Waals surface area contributed by atoms with E-state index in [0.717, 1.165) is 10.9 Å². The Morgan fingerprint density at radius 1 is 1.21 bits per heavy atom. The van der Waals surface area contributed by atoms with Gasteiger partial charge in [0.2, 0.25) is 0 Å². The van der Waals surface area contributed by atoms with E-state index in [1.807, 2.05) is 13.1 Å². The minimum absolute atomic E-state index is 0.314. The van der Waals surface area contributed by atoms with Crippen molar-refractivity contribution in [1.82, 2.24) is 15.3 Å². The first-order valence-electron chi connectivity index (χ1n) is 6.35. The summed E-state index contributed by atoms with van der Waals surface area (Å²) >= 11 is 1.68. The highest BCUT2D eigenvalue weighted by Crippen LogP contribution is 2.24. The fourth-order valence-electron chi connectivity index (χ4n) is 2.06. The van der Waals surface area contributed by atoms with E-state index in [9.17, 15) is 0 Å². The summed E-state index contributed by atoms with van der Waals surface area (Å²) in [6.45, 7) is 4.29. The smallest absolute Gasteiger partial charge is 0.187 e. The van der Waals surface area contributed by atoms with Crippen molar-refractivity contribution < 1.29 is 0 Å². The molecule has 3 nitrogen and oxygen atoms in total. The minimum Gasteiger partial charge on any atom is -0.312 e. The van der Waals surface area contributed by atoms with Gasteiger partial charge in [-0.2, -0.15) is 0 Å². The van der Waals surface area contributed by atoms with Crippen molar-refractivity contribution in [2.24, 2.45) is 0 Å². The third-order valence-electron chi connectivity index (χ3n) is 3.07. The van der Waals surface area contributed by atoms with Crippen molar-refractivity contribution in [2.45, 2.75) is 25.0 Å². The summed E-state index contributed by atoms with van der Waals surface area (Å²) in [5.41, 5.74) is 3.97. The molecule has 0 amide bonds. The summed E-state index contributed by atoms with van der Waals surface area (Å²) in [6.07, 6.45) is 3.56. The van der Waals surface area contributed by atoms with Gasteiger partial charge in [-0.05, 0) is 38.1 Å². The molecule has 0 saturated carbocycles. The number of hydrogen-bond acceptors (Lipinski definition) is 4. The van der Waals surface area contributed by atoms with E-state index in [0.29, 0.717) is 6.04 Å². The SMILES string of the molecule is CNC(CSc1ncccn1)c1ccc(C)cc1C. The van der Waals surface area contributed by atoms with Gasteiger partial charge in [-0.1, -0.05) is 35.5 Å². The fraction of sp³-hybridized carbons (Fsp3) is 0.333. The van der Waals surface area contributed by atoms with Crippen LogP contribution in [-0.4, -0.2) is 22.8 Å². The van der Waals surface area contributed by atoms with Gasteiger partial charge in [-0.25, -0.2) is 9.97 Å². The van der Waals surface area contributed by atoms with E-state index in [2.05, 4.69) is 47.3 Å². The van der Waals surface area contributed by atoms with Crippen LogP contribution in [0.2, 0.25) is 0 Å². The average Bonchev–Trinajstić information content (AvgIpc) is 2.42. The lowest BCUT2D eigenvalue weighted by Gasteiger charge is -2.18. The average molecular weight is 273 g/mol. The molecule has 1 heterocycles. The lowest BCUT2D eigenvalue weighted by molar-refractivity contribution is 0.656. The van der Waals surface area contributed by atoms with Crippen LogP contribution in [0.4, 0.5) is 0 Å². The van der Waals surface area contributed by atoms with Gasteiger partial charge in [0.1, 0.15) is 0 Å². The van der Waals surface area contributed by atoms with Crippen LogP contribution in [-0.2, 0) is 0 Å². The molecule has 1 N–H and O–H groups in total. The standard InChI is InChI=1S/C15H19N3S/c1-11-5-6-13(12(2)9-11)14(16-3)10-19-15-17-7-4-8-18-15/h4-9,14,16H,10H2,1-3H3. The maximum atomic E-state index is 4.24. The Labute approximate surface area is 118 Å². The Morgan fingerprint density at radius 2 is 1.95 bits per heavy atom. The van der Waals surface area contributed by atoms with Crippen LogP contribution in [0.15, 0.2) is 41.8 Å². The van der Waals surface area contributed by atoms with Crippen LogP contribution < -0.4 is 5.32 Å². The third kappa shape index (κ3) is 3.78. The monoisotopic (exact) mass is 273 g/mol. The van der Waals surface area contributed by atoms with Crippen LogP contribution in [0.25, 0.3) is 0 Å². The summed E-state index contributed by atoms with van der Waals surface area (Å²) < 4.78 is 0. The van der Waals surface area contributed by atoms with Crippen LogP contribution in [0, 0.1) is 13.8 Å². The number of thioether (sulfide) groups is 1. The molecule has 0 fully saturated rings. The molecule has 0 aliphatic rings. The maximum absolute atomic E-state index is 4.24. The predicted octanol–water partition coefficient (Wildman–Crippen LogP) is 3.15. The van der Waals surface area contributed by atoms with Crippen LogP contribution in [0.3, 0.4) is 0 Å². The third-order valence-corrected chi connectivity index (χ3v) is 4.04. The molecule has 100 valence electrons. The van der Waals surface area contributed by atoms with Gasteiger partial charge in [0.25, 0.3) is 0 Å². The van der Waals surface area contributed by atoms with Crippen LogP contribution >= 0.6 is 11.8 Å². The highest BCUT2D eigenvalue weighted by Gasteiger charge is 2.12. The lowest BCUT2D eigenvalue weighted by atomic mass is 10.0. The zero-order valence-corrected chi connectivity index (χ0v) is 12.4. The van der Waals surface area contributed by atoms with E-state index < -0.39 is 0 Å². The van der Waals surface area contributed by atoms with Gasteiger partial charge in [-0.15, -0.1) is 0 Å². The number of rotatable bonds is 5. The second kappa shape index (κ2) is 6.68. The summed E-state index contributed by atoms with van der Waals surface area (Å²) in [6, 6.07) is 8.75. The molecule has 1 unspecified atom stereocenters. The zero-order chi connectivity index (χ0) is 13.7. The van der Waals surface area contributed by atoms with Gasteiger partial charge >= 0.3 is 0 Å². The Hall–Kier alpha value is -1.39. The van der Waals surface area contributed by atoms with Crippen molar-refractivity contribution in [2.75, 3.05) is 12.8 Å². The maximum Gasteiger partial charge on any atom is 0.187 e. The molecule has 4 heteroatoms. The molecule has 0 bridgehead atoms. The van der Waals surface area contributed by atoms with Crippen LogP contribution in [0.1, 0.15) is 22.7 Å². The van der Waals surface area contributed by atoms with Crippen molar-refractivity contribution in [1.29, 1.82) is 0 Å². The predicted molar refractivity (Wildman–Crippen MR) is 80.5 cm³/mol. The van der Waals surface area contributed by atoms with Crippen molar-refractivity contribution >= 4 is 11.8 Å². The number of nitrogens with zero attached hydrogens (tertiary/aromatic N) is 2. The first-order chi connectivity index (χ1) is 9.20. The molecule has 0 aliphatic heterocycles. The molecule has 2 aromatic rings. The van der Waals surface area contributed by atoms with E-state index in [1.165, 1.54) is 16.7 Å². The number of aromatic nitrogens is 2. The molecule has 0 radical (unpaired) electrons. The molecule has 0 aliphatic carbocycles. The molecule has 0 spiro atoms. The van der Waals surface area contributed by atoms with Gasteiger partial charge in [-0.3, -0.25) is 0 Å². The molecular formula is C15H19N3S. The number of aryl methyl sites for hydroxylation is 2. The normalized spacial score (nSPS) is 12.4. The quantitative estimate of drug-likeness (QED) is 0.671. The summed E-state index contributed by atoms with van der Waals surface area (Å²) in [4.78, 5) is 8.48. The first-order valence-corrected chi connectivity index (χ1v) is 7.33. The van der Waals surface area contributed by atoms with E-state index in [4.69, 9.17) is 0 Å². The van der Waals surface area contributed by atoms with Crippen molar-refractivity contribution in [3.8, 4) is 0 Å². The van der Waals surface area contributed by atoms with Gasteiger partial charge in [0, 0.05) is 24.2 Å². The molecule has 1 atom stereocenters. The Bertz CT molecular complexity index is 528. The van der Waals surface area contributed by atoms with Gasteiger partial charge < -0.3 is 5.32 Å². The Balaban J connectivity index is 2.08. The summed E-state index contributed by atoms with van der Waals surface area (Å²) in [7, 11) is 2.00. The number of nitrogens with one attached hydrogen (secondary N) is 1. The van der Waals surface area contributed by atoms with Crippen LogP contribution in [0.5, 0.6) is 0 Å². The molecule has 1 aromatic heterocycles. The lowest BCUT2D eigenvalue weighted by Crippen LogP contribution is -2.20. The zero-order valence-electron chi connectivity index (χ0n) is 11.6. The molecule has 19 heavy (non-hydrogen) atoms. The second-order valence-corrected chi connectivity index (χ2v) is 5.53.